The summed E-state index contributed by atoms with van der Waals surface area (Å²) in [5.74, 6) is 1.11. The fraction of sp³-hybridized carbons (Fsp3) is 0.909. The molecule has 2 nitrogen and oxygen atoms in total. The van der Waals surface area contributed by atoms with E-state index in [-0.39, 0.29) is 5.91 Å². The van der Waals surface area contributed by atoms with Crippen LogP contribution in [-0.2, 0) is 4.79 Å². The van der Waals surface area contributed by atoms with Gasteiger partial charge < -0.3 is 5.32 Å². The van der Waals surface area contributed by atoms with Crippen LogP contribution in [0.5, 0.6) is 0 Å². The Morgan fingerprint density at radius 1 is 1.38 bits per heavy atom. The molecule has 1 heterocycles. The fourth-order valence-corrected chi connectivity index (χ4v) is 2.85. The SMILES string of the molecule is CC1(C2CCCC2)CCC(=O)NC1. The van der Waals surface area contributed by atoms with Gasteiger partial charge in [-0.1, -0.05) is 19.8 Å². The molecule has 1 amide bonds. The Kier molecular flexibility index (Phi) is 2.31. The van der Waals surface area contributed by atoms with Gasteiger partial charge in [-0.25, -0.2) is 0 Å². The molecule has 1 atom stereocenters. The van der Waals surface area contributed by atoms with Crippen molar-refractivity contribution in [1.29, 1.82) is 0 Å². The normalized spacial score (nSPS) is 36.2. The molecule has 0 spiro atoms. The molecule has 2 aliphatic rings. The van der Waals surface area contributed by atoms with Crippen LogP contribution in [0.25, 0.3) is 0 Å². The number of hydrogen-bond acceptors (Lipinski definition) is 1. The Morgan fingerprint density at radius 3 is 2.62 bits per heavy atom. The van der Waals surface area contributed by atoms with Crippen molar-refractivity contribution in [2.24, 2.45) is 11.3 Å². The van der Waals surface area contributed by atoms with Crippen molar-refractivity contribution in [3.05, 3.63) is 0 Å². The van der Waals surface area contributed by atoms with Gasteiger partial charge >= 0.3 is 0 Å². The van der Waals surface area contributed by atoms with E-state index in [2.05, 4.69) is 12.2 Å². The zero-order valence-corrected chi connectivity index (χ0v) is 8.44. The first-order chi connectivity index (χ1) is 6.21. The van der Waals surface area contributed by atoms with Gasteiger partial charge in [0.2, 0.25) is 5.91 Å². The van der Waals surface area contributed by atoms with Gasteiger partial charge in [0.05, 0.1) is 0 Å². The van der Waals surface area contributed by atoms with Crippen LogP contribution in [0.2, 0.25) is 0 Å². The lowest BCUT2D eigenvalue weighted by molar-refractivity contribution is -0.124. The molecule has 1 N–H and O–H groups in total. The summed E-state index contributed by atoms with van der Waals surface area (Å²) in [5.41, 5.74) is 0.407. The summed E-state index contributed by atoms with van der Waals surface area (Å²) in [6, 6.07) is 0. The zero-order valence-electron chi connectivity index (χ0n) is 8.44. The number of carbonyl (C=O) groups is 1. The molecule has 0 aromatic carbocycles. The number of carbonyl (C=O) groups excluding carboxylic acids is 1. The van der Waals surface area contributed by atoms with Gasteiger partial charge in [-0.05, 0) is 30.6 Å². The topological polar surface area (TPSA) is 29.1 Å². The van der Waals surface area contributed by atoms with Gasteiger partial charge in [0.15, 0.2) is 0 Å². The first-order valence-corrected chi connectivity index (χ1v) is 5.47. The lowest BCUT2D eigenvalue weighted by Crippen LogP contribution is -2.45. The molecule has 2 heteroatoms. The second-order valence-corrected chi connectivity index (χ2v) is 4.91. The highest BCUT2D eigenvalue weighted by atomic mass is 16.1. The average molecular weight is 181 g/mol. The quantitative estimate of drug-likeness (QED) is 0.659. The third-order valence-corrected chi connectivity index (χ3v) is 3.95. The van der Waals surface area contributed by atoms with Crippen LogP contribution in [0.3, 0.4) is 0 Å². The van der Waals surface area contributed by atoms with Crippen LogP contribution in [0, 0.1) is 11.3 Å². The van der Waals surface area contributed by atoms with E-state index in [0.29, 0.717) is 5.41 Å². The van der Waals surface area contributed by atoms with E-state index in [9.17, 15) is 4.79 Å². The molecule has 13 heavy (non-hydrogen) atoms. The predicted molar refractivity (Wildman–Crippen MR) is 52.3 cm³/mol. The average Bonchev–Trinajstić information content (AvgIpc) is 2.63. The van der Waals surface area contributed by atoms with Crippen LogP contribution in [-0.4, -0.2) is 12.5 Å². The number of rotatable bonds is 1. The van der Waals surface area contributed by atoms with Crippen molar-refractivity contribution in [1.82, 2.24) is 5.32 Å². The highest BCUT2D eigenvalue weighted by Crippen LogP contribution is 2.43. The second-order valence-electron chi connectivity index (χ2n) is 4.91. The number of nitrogens with one attached hydrogen (secondary N) is 1. The molecule has 1 aliphatic carbocycles. The maximum atomic E-state index is 11.1. The Bertz CT molecular complexity index is 196. The lowest BCUT2D eigenvalue weighted by Gasteiger charge is -2.39. The summed E-state index contributed by atoms with van der Waals surface area (Å²) in [6.07, 6.45) is 7.40. The van der Waals surface area contributed by atoms with Gasteiger partial charge in [-0.15, -0.1) is 0 Å². The Labute approximate surface area is 80.1 Å². The molecular weight excluding hydrogens is 162 g/mol. The molecule has 0 aromatic heterocycles. The van der Waals surface area contributed by atoms with Gasteiger partial charge in [-0.3, -0.25) is 4.79 Å². The molecule has 2 fully saturated rings. The van der Waals surface area contributed by atoms with E-state index >= 15 is 0 Å². The first-order valence-electron chi connectivity index (χ1n) is 5.47. The van der Waals surface area contributed by atoms with E-state index in [4.69, 9.17) is 0 Å². The van der Waals surface area contributed by atoms with E-state index in [1.807, 2.05) is 0 Å². The minimum absolute atomic E-state index is 0.246. The fourth-order valence-electron chi connectivity index (χ4n) is 2.85. The van der Waals surface area contributed by atoms with Gasteiger partial charge in [0.1, 0.15) is 0 Å². The minimum Gasteiger partial charge on any atom is -0.356 e. The maximum Gasteiger partial charge on any atom is 0.220 e. The van der Waals surface area contributed by atoms with Crippen molar-refractivity contribution in [2.75, 3.05) is 6.54 Å². The highest BCUT2D eigenvalue weighted by molar-refractivity contribution is 5.76. The van der Waals surface area contributed by atoms with Crippen LogP contribution in [0.15, 0.2) is 0 Å². The van der Waals surface area contributed by atoms with E-state index < -0.39 is 0 Å². The van der Waals surface area contributed by atoms with Gasteiger partial charge in [0, 0.05) is 13.0 Å². The van der Waals surface area contributed by atoms with Crippen molar-refractivity contribution in [3.8, 4) is 0 Å². The van der Waals surface area contributed by atoms with Crippen molar-refractivity contribution in [3.63, 3.8) is 0 Å². The molecule has 0 bridgehead atoms. The summed E-state index contributed by atoms with van der Waals surface area (Å²) in [5, 5.41) is 3.01. The smallest absolute Gasteiger partial charge is 0.220 e. The van der Waals surface area contributed by atoms with Gasteiger partial charge in [0.25, 0.3) is 0 Å². The number of amides is 1. The third-order valence-electron chi connectivity index (χ3n) is 3.95. The minimum atomic E-state index is 0.246. The van der Waals surface area contributed by atoms with Gasteiger partial charge in [-0.2, -0.15) is 0 Å². The Hall–Kier alpha value is -0.530. The van der Waals surface area contributed by atoms with Crippen molar-refractivity contribution >= 4 is 5.91 Å². The second kappa shape index (κ2) is 3.32. The zero-order chi connectivity index (χ0) is 9.31. The summed E-state index contributed by atoms with van der Waals surface area (Å²) in [7, 11) is 0. The molecule has 2 rings (SSSR count). The Balaban J connectivity index is 1.98. The molecule has 74 valence electrons. The predicted octanol–water partition coefficient (Wildman–Crippen LogP) is 2.09. The number of hydrogen-bond donors (Lipinski definition) is 1. The van der Waals surface area contributed by atoms with Crippen LogP contribution >= 0.6 is 0 Å². The molecule has 1 saturated carbocycles. The highest BCUT2D eigenvalue weighted by Gasteiger charge is 2.38. The first kappa shape index (κ1) is 9.04. The maximum absolute atomic E-state index is 11.1. The Morgan fingerprint density at radius 2 is 2.08 bits per heavy atom. The van der Waals surface area contributed by atoms with Crippen LogP contribution in [0.1, 0.15) is 45.4 Å². The largest absolute Gasteiger partial charge is 0.356 e. The lowest BCUT2D eigenvalue weighted by atomic mass is 9.71. The monoisotopic (exact) mass is 181 g/mol. The molecular formula is C11H19NO. The molecule has 0 radical (unpaired) electrons. The molecule has 0 aromatic rings. The van der Waals surface area contributed by atoms with Crippen molar-refractivity contribution in [2.45, 2.75) is 45.4 Å². The summed E-state index contributed by atoms with van der Waals surface area (Å²) in [6.45, 7) is 3.26. The van der Waals surface area contributed by atoms with Crippen molar-refractivity contribution < 1.29 is 4.79 Å². The summed E-state index contributed by atoms with van der Waals surface area (Å²) >= 11 is 0. The molecule has 1 unspecified atom stereocenters. The summed E-state index contributed by atoms with van der Waals surface area (Å²) < 4.78 is 0. The van der Waals surface area contributed by atoms with E-state index in [1.54, 1.807) is 0 Å². The van der Waals surface area contributed by atoms with E-state index in [1.165, 1.54) is 25.7 Å². The number of piperidine rings is 1. The van der Waals surface area contributed by atoms with Crippen LogP contribution in [0.4, 0.5) is 0 Å². The molecule has 1 aliphatic heterocycles. The van der Waals surface area contributed by atoms with Crippen LogP contribution < -0.4 is 5.32 Å². The standard InChI is InChI=1S/C11H19NO/c1-11(9-4-2-3-5-9)7-6-10(13)12-8-11/h9H,2-8H2,1H3,(H,12,13). The third kappa shape index (κ3) is 1.72. The van der Waals surface area contributed by atoms with E-state index in [0.717, 1.165) is 25.3 Å². The summed E-state index contributed by atoms with van der Waals surface area (Å²) in [4.78, 5) is 11.1. The molecule has 1 saturated heterocycles.